The number of carbonyl (C=O) groups is 2. The number of likely N-dealkylation sites (tertiary alicyclic amines) is 1. The fourth-order valence-corrected chi connectivity index (χ4v) is 2.34. The lowest BCUT2D eigenvalue weighted by Crippen LogP contribution is -2.31. The molecule has 1 fully saturated rings. The highest BCUT2D eigenvalue weighted by Gasteiger charge is 2.36. The maximum atomic E-state index is 11.5. The second-order valence-corrected chi connectivity index (χ2v) is 4.75. The molecule has 98 valence electrons. The van der Waals surface area contributed by atoms with Crippen molar-refractivity contribution in [3.05, 3.63) is 0 Å². The van der Waals surface area contributed by atoms with Gasteiger partial charge in [0.05, 0.1) is 26.1 Å². The average molecular weight is 243 g/mol. The fraction of sp³-hybridized carbons (Fsp3) is 0.833. The van der Waals surface area contributed by atoms with Gasteiger partial charge in [0, 0.05) is 19.6 Å². The molecule has 0 amide bonds. The molecule has 0 saturated carbocycles. The normalized spacial score (nSPS) is 26.6. The van der Waals surface area contributed by atoms with Crippen LogP contribution in [0.1, 0.15) is 13.8 Å². The van der Waals surface area contributed by atoms with E-state index in [0.29, 0.717) is 13.1 Å². The van der Waals surface area contributed by atoms with Gasteiger partial charge in [-0.15, -0.1) is 0 Å². The number of rotatable bonds is 4. The van der Waals surface area contributed by atoms with E-state index < -0.39 is 0 Å². The molecule has 0 radical (unpaired) electrons. The molecule has 1 saturated heterocycles. The number of carbonyl (C=O) groups excluding carboxylic acids is 2. The van der Waals surface area contributed by atoms with Crippen molar-refractivity contribution in [3.63, 3.8) is 0 Å². The molecule has 0 bridgehead atoms. The molecule has 3 unspecified atom stereocenters. The molecule has 5 heteroatoms. The Morgan fingerprint density at radius 3 is 2.47 bits per heavy atom. The summed E-state index contributed by atoms with van der Waals surface area (Å²) < 4.78 is 9.46. The number of methoxy groups -OCH3 is 2. The van der Waals surface area contributed by atoms with E-state index in [-0.39, 0.29) is 29.7 Å². The minimum atomic E-state index is -0.209. The lowest BCUT2D eigenvalue weighted by Gasteiger charge is -2.18. The summed E-state index contributed by atoms with van der Waals surface area (Å²) in [6.45, 7) is 5.98. The van der Waals surface area contributed by atoms with Crippen molar-refractivity contribution in [2.24, 2.45) is 17.8 Å². The molecule has 0 N–H and O–H groups in total. The standard InChI is InChI=1S/C12H21NO4/c1-8-5-13(6-9(2)11(14)16-3)7-10(8)12(15)17-4/h8-10H,5-7H2,1-4H3. The van der Waals surface area contributed by atoms with Gasteiger partial charge in [0.2, 0.25) is 0 Å². The van der Waals surface area contributed by atoms with Crippen molar-refractivity contribution in [3.8, 4) is 0 Å². The van der Waals surface area contributed by atoms with Crippen LogP contribution in [0.15, 0.2) is 0 Å². The molecule has 17 heavy (non-hydrogen) atoms. The summed E-state index contributed by atoms with van der Waals surface area (Å²) in [5, 5.41) is 0. The second-order valence-electron chi connectivity index (χ2n) is 4.75. The smallest absolute Gasteiger partial charge is 0.310 e. The summed E-state index contributed by atoms with van der Waals surface area (Å²) in [5.41, 5.74) is 0. The van der Waals surface area contributed by atoms with Crippen LogP contribution in [-0.2, 0) is 19.1 Å². The predicted octanol–water partition coefficient (Wildman–Crippen LogP) is 0.536. The Kier molecular flexibility index (Phi) is 4.93. The first-order chi connectivity index (χ1) is 7.99. The molecule has 1 aliphatic rings. The van der Waals surface area contributed by atoms with Gasteiger partial charge >= 0.3 is 11.9 Å². The van der Waals surface area contributed by atoms with Crippen molar-refractivity contribution < 1.29 is 19.1 Å². The summed E-state index contributed by atoms with van der Waals surface area (Å²) in [6.07, 6.45) is 0. The Morgan fingerprint density at radius 1 is 1.29 bits per heavy atom. The van der Waals surface area contributed by atoms with E-state index in [9.17, 15) is 9.59 Å². The van der Waals surface area contributed by atoms with Gasteiger partial charge in [0.25, 0.3) is 0 Å². The van der Waals surface area contributed by atoms with Crippen LogP contribution in [0.2, 0.25) is 0 Å². The minimum absolute atomic E-state index is 0.0788. The molecule has 1 rings (SSSR count). The van der Waals surface area contributed by atoms with Crippen molar-refractivity contribution in [1.29, 1.82) is 0 Å². The molecule has 1 heterocycles. The Balaban J connectivity index is 2.49. The molecule has 0 aliphatic carbocycles. The number of hydrogen-bond donors (Lipinski definition) is 0. The van der Waals surface area contributed by atoms with Crippen molar-refractivity contribution >= 4 is 11.9 Å². The molecule has 0 spiro atoms. The number of ether oxygens (including phenoxy) is 2. The van der Waals surface area contributed by atoms with Crippen LogP contribution in [-0.4, -0.2) is 50.7 Å². The van der Waals surface area contributed by atoms with Crippen LogP contribution in [0.3, 0.4) is 0 Å². The van der Waals surface area contributed by atoms with E-state index in [0.717, 1.165) is 6.54 Å². The third kappa shape index (κ3) is 3.43. The summed E-state index contributed by atoms with van der Waals surface area (Å²) in [7, 11) is 2.80. The van der Waals surface area contributed by atoms with Crippen LogP contribution < -0.4 is 0 Å². The zero-order valence-electron chi connectivity index (χ0n) is 10.9. The molecule has 3 atom stereocenters. The number of esters is 2. The lowest BCUT2D eigenvalue weighted by molar-refractivity contribution is -0.146. The molecular weight excluding hydrogens is 222 g/mol. The molecule has 0 aromatic heterocycles. The summed E-state index contributed by atoms with van der Waals surface area (Å²) in [5.74, 6) is -0.342. The van der Waals surface area contributed by atoms with E-state index in [1.54, 1.807) is 0 Å². The van der Waals surface area contributed by atoms with Gasteiger partial charge in [-0.05, 0) is 5.92 Å². The lowest BCUT2D eigenvalue weighted by atomic mass is 9.99. The fourth-order valence-electron chi connectivity index (χ4n) is 2.34. The zero-order chi connectivity index (χ0) is 13.0. The first-order valence-electron chi connectivity index (χ1n) is 5.87. The molecule has 1 aliphatic heterocycles. The van der Waals surface area contributed by atoms with Gasteiger partial charge in [-0.25, -0.2) is 0 Å². The van der Waals surface area contributed by atoms with E-state index in [1.807, 2.05) is 13.8 Å². The first-order valence-corrected chi connectivity index (χ1v) is 5.87. The maximum absolute atomic E-state index is 11.5. The SMILES string of the molecule is COC(=O)C(C)CN1CC(C)C(C(=O)OC)C1. The van der Waals surface area contributed by atoms with E-state index >= 15 is 0 Å². The Labute approximate surface area is 102 Å². The van der Waals surface area contributed by atoms with Crippen molar-refractivity contribution in [2.45, 2.75) is 13.8 Å². The van der Waals surface area contributed by atoms with Crippen LogP contribution in [0.5, 0.6) is 0 Å². The quantitative estimate of drug-likeness (QED) is 0.674. The predicted molar refractivity (Wildman–Crippen MR) is 62.3 cm³/mol. The first kappa shape index (κ1) is 14.0. The van der Waals surface area contributed by atoms with E-state index in [4.69, 9.17) is 4.74 Å². The molecule has 0 aromatic carbocycles. The number of nitrogens with zero attached hydrogens (tertiary/aromatic N) is 1. The van der Waals surface area contributed by atoms with Crippen molar-refractivity contribution in [2.75, 3.05) is 33.9 Å². The topological polar surface area (TPSA) is 55.8 Å². The van der Waals surface area contributed by atoms with Gasteiger partial charge in [-0.1, -0.05) is 13.8 Å². The van der Waals surface area contributed by atoms with Gasteiger partial charge in [-0.3, -0.25) is 9.59 Å². The van der Waals surface area contributed by atoms with Crippen LogP contribution in [0, 0.1) is 17.8 Å². The Morgan fingerprint density at radius 2 is 1.94 bits per heavy atom. The van der Waals surface area contributed by atoms with Gasteiger partial charge in [0.1, 0.15) is 0 Å². The summed E-state index contributed by atoms with van der Waals surface area (Å²) in [4.78, 5) is 24.9. The maximum Gasteiger partial charge on any atom is 0.310 e. The highest BCUT2D eigenvalue weighted by Crippen LogP contribution is 2.24. The second kappa shape index (κ2) is 6.00. The van der Waals surface area contributed by atoms with Crippen molar-refractivity contribution in [1.82, 2.24) is 4.90 Å². The Hall–Kier alpha value is -1.10. The van der Waals surface area contributed by atoms with E-state index in [2.05, 4.69) is 9.64 Å². The third-order valence-corrected chi connectivity index (χ3v) is 3.33. The van der Waals surface area contributed by atoms with Crippen LogP contribution in [0.25, 0.3) is 0 Å². The third-order valence-electron chi connectivity index (χ3n) is 3.33. The van der Waals surface area contributed by atoms with Gasteiger partial charge < -0.3 is 14.4 Å². The average Bonchev–Trinajstić information content (AvgIpc) is 2.67. The van der Waals surface area contributed by atoms with Crippen LogP contribution in [0.4, 0.5) is 0 Å². The highest BCUT2D eigenvalue weighted by molar-refractivity contribution is 5.73. The van der Waals surface area contributed by atoms with E-state index in [1.165, 1.54) is 14.2 Å². The molecule has 5 nitrogen and oxygen atoms in total. The zero-order valence-corrected chi connectivity index (χ0v) is 10.9. The number of hydrogen-bond acceptors (Lipinski definition) is 5. The monoisotopic (exact) mass is 243 g/mol. The van der Waals surface area contributed by atoms with Crippen LogP contribution >= 0.6 is 0 Å². The summed E-state index contributed by atoms with van der Waals surface area (Å²) in [6, 6.07) is 0. The summed E-state index contributed by atoms with van der Waals surface area (Å²) >= 11 is 0. The molecule has 0 aromatic rings. The Bertz CT molecular complexity index is 290. The largest absolute Gasteiger partial charge is 0.469 e. The highest BCUT2D eigenvalue weighted by atomic mass is 16.5. The van der Waals surface area contributed by atoms with Gasteiger partial charge in [0.15, 0.2) is 0 Å². The van der Waals surface area contributed by atoms with Gasteiger partial charge in [-0.2, -0.15) is 0 Å². The minimum Gasteiger partial charge on any atom is -0.469 e. The molecular formula is C12H21NO4.